The second kappa shape index (κ2) is 6.81. The molecule has 0 aromatic carbocycles. The number of anilines is 1. The van der Waals surface area contributed by atoms with Crippen molar-refractivity contribution < 1.29 is 0 Å². The quantitative estimate of drug-likeness (QED) is 0.555. The number of hydrogen-bond donors (Lipinski definition) is 0. The van der Waals surface area contributed by atoms with Gasteiger partial charge < -0.3 is 9.80 Å². The Morgan fingerprint density at radius 2 is 1.97 bits per heavy atom. The third-order valence-corrected chi connectivity index (χ3v) is 11.8. The van der Waals surface area contributed by atoms with E-state index in [0.29, 0.717) is 16.9 Å². The molecule has 8 unspecified atom stereocenters. The van der Waals surface area contributed by atoms with Gasteiger partial charge in [-0.05, 0) is 99.8 Å². The van der Waals surface area contributed by atoms with Crippen molar-refractivity contribution in [2.75, 3.05) is 25.5 Å². The molecule has 1 spiro atoms. The zero-order chi connectivity index (χ0) is 20.7. The van der Waals surface area contributed by atoms with E-state index < -0.39 is 0 Å². The number of aromatic nitrogens is 1. The van der Waals surface area contributed by atoms with Crippen LogP contribution in [0.15, 0.2) is 23.2 Å². The molecule has 0 bridgehead atoms. The van der Waals surface area contributed by atoms with E-state index in [9.17, 15) is 0 Å². The molecule has 2 heterocycles. The van der Waals surface area contributed by atoms with Gasteiger partial charge in [0.15, 0.2) is 5.13 Å². The normalized spacial score (nSPS) is 47.8. The van der Waals surface area contributed by atoms with E-state index in [2.05, 4.69) is 54.2 Å². The summed E-state index contributed by atoms with van der Waals surface area (Å²) in [7, 11) is 4.65. The molecule has 4 aliphatic carbocycles. The van der Waals surface area contributed by atoms with Gasteiger partial charge in [0.05, 0.1) is 0 Å². The summed E-state index contributed by atoms with van der Waals surface area (Å²) in [6.07, 6.45) is 16.0. The zero-order valence-electron chi connectivity index (χ0n) is 19.3. The summed E-state index contributed by atoms with van der Waals surface area (Å²) in [5, 5.41) is 3.30. The first-order valence-corrected chi connectivity index (χ1v) is 13.3. The molecule has 30 heavy (non-hydrogen) atoms. The van der Waals surface area contributed by atoms with Gasteiger partial charge in [-0.1, -0.05) is 18.6 Å². The molecule has 1 saturated heterocycles. The van der Waals surface area contributed by atoms with Gasteiger partial charge in [-0.25, -0.2) is 4.98 Å². The van der Waals surface area contributed by atoms with E-state index in [1.165, 1.54) is 63.0 Å². The number of nitrogens with zero attached hydrogens (tertiary/aromatic N) is 3. The van der Waals surface area contributed by atoms with E-state index in [1.807, 2.05) is 6.20 Å². The van der Waals surface area contributed by atoms with Crippen LogP contribution in [0.1, 0.15) is 65.2 Å². The van der Waals surface area contributed by atoms with Gasteiger partial charge in [-0.3, -0.25) is 0 Å². The van der Waals surface area contributed by atoms with Crippen LogP contribution in [0.2, 0.25) is 0 Å². The molecule has 1 aliphatic heterocycles. The maximum absolute atomic E-state index is 4.58. The Kier molecular flexibility index (Phi) is 4.49. The Morgan fingerprint density at radius 3 is 2.77 bits per heavy atom. The van der Waals surface area contributed by atoms with E-state index in [-0.39, 0.29) is 0 Å². The first-order valence-electron chi connectivity index (χ1n) is 12.5. The highest BCUT2D eigenvalue weighted by Gasteiger charge is 2.64. The van der Waals surface area contributed by atoms with Gasteiger partial charge >= 0.3 is 0 Å². The maximum Gasteiger partial charge on any atom is 0.185 e. The molecule has 6 rings (SSSR count). The number of rotatable bonds is 2. The molecule has 8 atom stereocenters. The van der Waals surface area contributed by atoms with Crippen LogP contribution in [0.5, 0.6) is 0 Å². The highest BCUT2D eigenvalue weighted by molar-refractivity contribution is 7.13. The molecule has 1 aromatic rings. The molecule has 0 N–H and O–H groups in total. The predicted octanol–water partition coefficient (Wildman–Crippen LogP) is 5.84. The lowest BCUT2D eigenvalue weighted by Gasteiger charge is -2.58. The number of thiazole rings is 1. The van der Waals surface area contributed by atoms with Crippen LogP contribution in [0.3, 0.4) is 0 Å². The largest absolute Gasteiger partial charge is 0.348 e. The van der Waals surface area contributed by atoms with Crippen LogP contribution < -0.4 is 4.90 Å². The molecule has 164 valence electrons. The minimum atomic E-state index is 0.457. The van der Waals surface area contributed by atoms with Gasteiger partial charge in [-0.2, -0.15) is 0 Å². The second-order valence-electron chi connectivity index (χ2n) is 11.7. The molecule has 1 aromatic heterocycles. The van der Waals surface area contributed by atoms with Crippen LogP contribution in [0, 0.1) is 34.5 Å². The van der Waals surface area contributed by atoms with Crippen LogP contribution >= 0.6 is 11.3 Å². The summed E-state index contributed by atoms with van der Waals surface area (Å²) >= 11 is 1.78. The fourth-order valence-electron chi connectivity index (χ4n) is 9.32. The van der Waals surface area contributed by atoms with E-state index in [0.717, 1.165) is 29.7 Å². The van der Waals surface area contributed by atoms with Crippen LogP contribution in [-0.2, 0) is 0 Å². The Balaban J connectivity index is 1.26. The molecule has 5 aliphatic rings. The molecular formula is C26H39N3S. The summed E-state index contributed by atoms with van der Waals surface area (Å²) < 4.78 is 0. The fourth-order valence-corrected chi connectivity index (χ4v) is 10.0. The first-order chi connectivity index (χ1) is 14.4. The van der Waals surface area contributed by atoms with Crippen LogP contribution in [0.25, 0.3) is 0 Å². The average Bonchev–Trinajstić information content (AvgIpc) is 3.44. The standard InChI is InChI=1S/C26H39N3S/c1-17-21-7-8-23-20-6-5-18-15-19(29(4)24-27-13-14-30-24)9-11-25(18,2)22(20)10-12-26(21,23)16-28(17)3/h5,13-14,17,19-23H,6-12,15-16H2,1-4H3. The summed E-state index contributed by atoms with van der Waals surface area (Å²) in [5.74, 6) is 3.83. The van der Waals surface area contributed by atoms with Crippen molar-refractivity contribution >= 4 is 16.5 Å². The number of likely N-dealkylation sites (tertiary alicyclic amines) is 1. The first kappa shape index (κ1) is 19.8. The second-order valence-corrected chi connectivity index (χ2v) is 12.6. The molecule has 4 heteroatoms. The van der Waals surface area contributed by atoms with Crippen molar-refractivity contribution in [3.8, 4) is 0 Å². The topological polar surface area (TPSA) is 19.4 Å². The molecule has 3 nitrogen and oxygen atoms in total. The number of allylic oxidation sites excluding steroid dienone is 1. The molecule has 4 fully saturated rings. The lowest BCUT2D eigenvalue weighted by molar-refractivity contribution is -0.0398. The van der Waals surface area contributed by atoms with Crippen molar-refractivity contribution in [2.24, 2.45) is 34.5 Å². The lowest BCUT2D eigenvalue weighted by atomic mass is 9.47. The third-order valence-electron chi connectivity index (χ3n) is 11.0. The molecule has 0 amide bonds. The summed E-state index contributed by atoms with van der Waals surface area (Å²) in [6.45, 7) is 6.54. The smallest absolute Gasteiger partial charge is 0.185 e. The van der Waals surface area contributed by atoms with Crippen molar-refractivity contribution in [1.82, 2.24) is 9.88 Å². The monoisotopic (exact) mass is 425 g/mol. The Bertz CT molecular complexity index is 833. The van der Waals surface area contributed by atoms with E-state index >= 15 is 0 Å². The SMILES string of the molecule is CC1C2CCC3C4CC=C5CC(N(C)c6nccs6)CCC5(C)C4CCC32CN1C. The van der Waals surface area contributed by atoms with Crippen molar-refractivity contribution in [3.05, 3.63) is 23.2 Å². The van der Waals surface area contributed by atoms with Gasteiger partial charge in [0, 0.05) is 37.3 Å². The van der Waals surface area contributed by atoms with E-state index in [1.54, 1.807) is 16.9 Å². The number of fused-ring (bicyclic) bond motifs is 4. The lowest BCUT2D eigenvalue weighted by Crippen LogP contribution is -2.52. The summed E-state index contributed by atoms with van der Waals surface area (Å²) in [4.78, 5) is 9.74. The van der Waals surface area contributed by atoms with Crippen LogP contribution in [0.4, 0.5) is 5.13 Å². The Hall–Kier alpha value is -0.870. The average molecular weight is 426 g/mol. The highest BCUT2D eigenvalue weighted by atomic mass is 32.1. The summed E-state index contributed by atoms with van der Waals surface area (Å²) in [6, 6.07) is 1.43. The van der Waals surface area contributed by atoms with Gasteiger partial charge in [-0.15, -0.1) is 11.3 Å². The minimum absolute atomic E-state index is 0.457. The zero-order valence-corrected chi connectivity index (χ0v) is 20.1. The van der Waals surface area contributed by atoms with Crippen molar-refractivity contribution in [1.29, 1.82) is 0 Å². The van der Waals surface area contributed by atoms with Gasteiger partial charge in [0.25, 0.3) is 0 Å². The molecular weight excluding hydrogens is 386 g/mol. The Labute approximate surface area is 186 Å². The molecule has 3 saturated carbocycles. The van der Waals surface area contributed by atoms with Gasteiger partial charge in [0.2, 0.25) is 0 Å². The Morgan fingerprint density at radius 1 is 1.13 bits per heavy atom. The van der Waals surface area contributed by atoms with Crippen LogP contribution in [-0.4, -0.2) is 42.6 Å². The van der Waals surface area contributed by atoms with E-state index in [4.69, 9.17) is 0 Å². The molecule has 0 radical (unpaired) electrons. The van der Waals surface area contributed by atoms with Crippen molar-refractivity contribution in [2.45, 2.75) is 77.3 Å². The summed E-state index contributed by atoms with van der Waals surface area (Å²) in [5.41, 5.74) is 2.91. The fraction of sp³-hybridized carbons (Fsp3) is 0.808. The number of hydrogen-bond acceptors (Lipinski definition) is 4. The predicted molar refractivity (Wildman–Crippen MR) is 126 cm³/mol. The third kappa shape index (κ3) is 2.56. The minimum Gasteiger partial charge on any atom is -0.348 e. The maximum atomic E-state index is 4.58. The van der Waals surface area contributed by atoms with Crippen molar-refractivity contribution in [3.63, 3.8) is 0 Å². The highest BCUT2D eigenvalue weighted by Crippen LogP contribution is 2.68. The van der Waals surface area contributed by atoms with Gasteiger partial charge in [0.1, 0.15) is 0 Å².